The molecular formula is C64H60Cl4F4N4O12S2. The average molecular weight is 1360 g/mol. The van der Waals surface area contributed by atoms with Gasteiger partial charge in [0.25, 0.3) is 11.8 Å². The molecule has 8 atom stereocenters. The molecule has 12 rings (SSSR count). The van der Waals surface area contributed by atoms with Gasteiger partial charge in [-0.2, -0.15) is 0 Å². The number of carbonyl (C=O) groups is 4. The minimum atomic E-state index is -4.14. The molecule has 6 fully saturated rings. The van der Waals surface area contributed by atoms with Crippen LogP contribution in [0.15, 0.2) is 133 Å². The van der Waals surface area contributed by atoms with E-state index >= 15 is 8.78 Å². The monoisotopic (exact) mass is 1360 g/mol. The van der Waals surface area contributed by atoms with Crippen molar-refractivity contribution < 1.29 is 73.3 Å². The van der Waals surface area contributed by atoms with Crippen LogP contribution < -0.4 is 8.61 Å². The van der Waals surface area contributed by atoms with E-state index in [1.54, 1.807) is 97.1 Å². The summed E-state index contributed by atoms with van der Waals surface area (Å²) in [5.41, 5.74) is 1.47. The van der Waals surface area contributed by atoms with Gasteiger partial charge in [-0.25, -0.2) is 34.4 Å². The van der Waals surface area contributed by atoms with Crippen molar-refractivity contribution in [2.24, 2.45) is 11.8 Å². The number of benzene rings is 6. The fourth-order valence-electron chi connectivity index (χ4n) is 12.1. The maximum Gasteiger partial charge on any atom is 0.306 e. The maximum atomic E-state index is 15.3. The molecular weight excluding hydrogens is 1300 g/mol. The number of morpholine rings is 2. The van der Waals surface area contributed by atoms with Crippen LogP contribution in [0.25, 0.3) is 0 Å². The Bertz CT molecular complexity index is 3690. The Morgan fingerprint density at radius 1 is 0.489 bits per heavy atom. The molecule has 0 unspecified atom stereocenters. The van der Waals surface area contributed by atoms with E-state index in [0.29, 0.717) is 93.7 Å². The van der Waals surface area contributed by atoms with Crippen LogP contribution >= 0.6 is 46.4 Å². The molecule has 4 aliphatic carbocycles. The fraction of sp³-hybridized carbons (Fsp3) is 0.375. The average Bonchev–Trinajstić information content (AvgIpc) is 1.44. The van der Waals surface area contributed by atoms with E-state index in [-0.39, 0.29) is 24.9 Å². The summed E-state index contributed by atoms with van der Waals surface area (Å²) in [6.45, 7) is -0.719. The number of sulfonamides is 2. The van der Waals surface area contributed by atoms with Crippen molar-refractivity contribution in [1.82, 2.24) is 9.80 Å². The molecule has 4 saturated carbocycles. The number of carboxylic acids is 2. The highest BCUT2D eigenvalue weighted by molar-refractivity contribution is 7.94. The van der Waals surface area contributed by atoms with Crippen molar-refractivity contribution in [3.8, 4) is 0 Å². The van der Waals surface area contributed by atoms with Crippen molar-refractivity contribution in [1.29, 1.82) is 0 Å². The summed E-state index contributed by atoms with van der Waals surface area (Å²) in [7, 11) is -8.28. The number of nitrogens with zero attached hydrogens (tertiary/aromatic N) is 4. The standard InChI is InChI=1S/2C32H30Cl2F2N2O6S/c2*33-21-8-6-19(7-9-21)30-31(20-2-1-3-22(34)14-20)44-28(16-29(39)40)32(41)38(30)27(18-4-5-18)17-37(45(42,43)24-11-12-24)26-15-23(35)10-13-25(26)36/h2*1-3,6-10,13-15,18,24,27-28,30-31H,4-5,11-12,16-17H2,(H,39,40)/t27-,28+,30-,31-;27-,28-,30-,31-/m11/s1. The van der Waals surface area contributed by atoms with Gasteiger partial charge < -0.3 is 29.5 Å². The summed E-state index contributed by atoms with van der Waals surface area (Å²) in [6.07, 6.45) is -1.79. The summed E-state index contributed by atoms with van der Waals surface area (Å²) in [6, 6.07) is 28.9. The third-order valence-electron chi connectivity index (χ3n) is 17.0. The van der Waals surface area contributed by atoms with Gasteiger partial charge in [0.15, 0.2) is 0 Å². The highest BCUT2D eigenvalue weighted by Crippen LogP contribution is 2.52. The number of carbonyl (C=O) groups excluding carboxylic acids is 2. The van der Waals surface area contributed by atoms with Crippen molar-refractivity contribution in [3.05, 3.63) is 199 Å². The van der Waals surface area contributed by atoms with Gasteiger partial charge in [0.2, 0.25) is 20.0 Å². The number of hydrogen-bond donors (Lipinski definition) is 2. The highest BCUT2D eigenvalue weighted by atomic mass is 35.5. The molecule has 0 bridgehead atoms. The molecule has 26 heteroatoms. The van der Waals surface area contributed by atoms with E-state index < -0.39 is 150 Å². The first kappa shape index (κ1) is 65.0. The summed E-state index contributed by atoms with van der Waals surface area (Å²) < 4.78 is 129. The first-order valence-corrected chi connectivity index (χ1v) is 33.7. The number of hydrogen-bond acceptors (Lipinski definition) is 10. The van der Waals surface area contributed by atoms with E-state index in [1.807, 2.05) is 0 Å². The molecule has 2 amide bonds. The molecule has 476 valence electrons. The van der Waals surface area contributed by atoms with Gasteiger partial charge in [0.1, 0.15) is 47.7 Å². The summed E-state index contributed by atoms with van der Waals surface area (Å²) >= 11 is 25.1. The number of anilines is 2. The number of aliphatic carboxylic acids is 2. The normalized spacial score (nSPS) is 22.7. The van der Waals surface area contributed by atoms with E-state index in [4.69, 9.17) is 55.9 Å². The third kappa shape index (κ3) is 14.4. The molecule has 90 heavy (non-hydrogen) atoms. The van der Waals surface area contributed by atoms with Gasteiger partial charge in [-0.1, -0.05) is 94.9 Å². The van der Waals surface area contributed by atoms with Gasteiger partial charge in [0.05, 0.1) is 72.0 Å². The zero-order chi connectivity index (χ0) is 64.1. The highest BCUT2D eigenvalue weighted by Gasteiger charge is 2.55. The third-order valence-corrected chi connectivity index (χ3v) is 22.5. The molecule has 16 nitrogen and oxygen atoms in total. The Labute approximate surface area is 537 Å². The predicted octanol–water partition coefficient (Wildman–Crippen LogP) is 13.1. The number of carboxylic acid groups (broad SMARTS) is 2. The van der Waals surface area contributed by atoms with Crippen LogP contribution in [0.3, 0.4) is 0 Å². The lowest BCUT2D eigenvalue weighted by Gasteiger charge is -2.49. The van der Waals surface area contributed by atoms with Crippen molar-refractivity contribution in [2.45, 2.75) is 123 Å². The zero-order valence-electron chi connectivity index (χ0n) is 47.7. The molecule has 2 heterocycles. The van der Waals surface area contributed by atoms with E-state index in [9.17, 15) is 55.0 Å². The number of halogens is 8. The predicted molar refractivity (Wildman–Crippen MR) is 329 cm³/mol. The Morgan fingerprint density at radius 3 is 1.16 bits per heavy atom. The fourth-order valence-corrected chi connectivity index (χ4v) is 16.5. The first-order valence-electron chi connectivity index (χ1n) is 29.2. The Morgan fingerprint density at radius 2 is 0.844 bits per heavy atom. The lowest BCUT2D eigenvalue weighted by molar-refractivity contribution is -0.183. The number of ether oxygens (including phenoxy) is 2. The van der Waals surface area contributed by atoms with E-state index in [0.717, 1.165) is 45.0 Å². The molecule has 0 spiro atoms. The van der Waals surface area contributed by atoms with Crippen LogP contribution in [0, 0.1) is 35.1 Å². The first-order chi connectivity index (χ1) is 42.9. The van der Waals surface area contributed by atoms with Crippen LogP contribution in [0.1, 0.15) is 111 Å². The molecule has 2 saturated heterocycles. The topological polar surface area (TPSA) is 208 Å². The Kier molecular flexibility index (Phi) is 19.2. The van der Waals surface area contributed by atoms with Crippen LogP contribution in [0.5, 0.6) is 0 Å². The Hall–Kier alpha value is -6.50. The quantitative estimate of drug-likeness (QED) is 0.0609. The second-order valence-corrected chi connectivity index (χ2v) is 29.5. The van der Waals surface area contributed by atoms with Gasteiger partial charge >= 0.3 is 11.9 Å². The maximum absolute atomic E-state index is 15.3. The zero-order valence-corrected chi connectivity index (χ0v) is 52.4. The molecule has 0 aromatic heterocycles. The molecule has 6 aromatic rings. The molecule has 6 aliphatic rings. The van der Waals surface area contributed by atoms with Crippen LogP contribution in [0.4, 0.5) is 28.9 Å². The summed E-state index contributed by atoms with van der Waals surface area (Å²) in [5, 5.41) is 19.6. The molecule has 0 radical (unpaired) electrons. The van der Waals surface area contributed by atoms with Crippen molar-refractivity contribution in [3.63, 3.8) is 0 Å². The molecule has 2 N–H and O–H groups in total. The number of amides is 2. The lowest BCUT2D eigenvalue weighted by atomic mass is 9.89. The van der Waals surface area contributed by atoms with Gasteiger partial charge in [-0.05, 0) is 158 Å². The van der Waals surface area contributed by atoms with Crippen LogP contribution in [-0.4, -0.2) is 108 Å². The summed E-state index contributed by atoms with van der Waals surface area (Å²) in [4.78, 5) is 55.5. The largest absolute Gasteiger partial charge is 0.481 e. The van der Waals surface area contributed by atoms with Crippen molar-refractivity contribution in [2.75, 3.05) is 21.7 Å². The van der Waals surface area contributed by atoms with Gasteiger partial charge in [-0.3, -0.25) is 27.8 Å². The van der Waals surface area contributed by atoms with Gasteiger partial charge in [-0.15, -0.1) is 0 Å². The van der Waals surface area contributed by atoms with Crippen LogP contribution in [0.2, 0.25) is 20.1 Å². The van der Waals surface area contributed by atoms with E-state index in [2.05, 4.69) is 0 Å². The number of rotatable bonds is 22. The summed E-state index contributed by atoms with van der Waals surface area (Å²) in [5.74, 6) is -7.65. The second-order valence-electron chi connectivity index (χ2n) is 23.4. The SMILES string of the molecule is O=C(O)C[C@@H]1O[C@H](c2cccc(Cl)c2)[C@@H](c2ccc(Cl)cc2)N([C@H](CN(c2cc(F)ccc2F)S(=O)(=O)C2CC2)C2CC2)C1=O.O=C(O)C[C@H]1O[C@H](c2cccc(Cl)c2)[C@@H](c2ccc(Cl)cc2)N([C@H](CN(c2cc(F)ccc2F)S(=O)(=O)C2CC2)C2CC2)C1=O. The Balaban J connectivity index is 0.000000185. The smallest absolute Gasteiger partial charge is 0.306 e. The minimum Gasteiger partial charge on any atom is -0.481 e. The lowest BCUT2D eigenvalue weighted by Crippen LogP contribution is -2.59. The molecule has 2 aliphatic heterocycles. The molecule has 6 aromatic carbocycles. The second kappa shape index (κ2) is 26.6. The van der Waals surface area contributed by atoms with E-state index in [1.165, 1.54) is 9.80 Å². The van der Waals surface area contributed by atoms with Crippen molar-refractivity contribution >= 4 is 102 Å². The van der Waals surface area contributed by atoms with Gasteiger partial charge in [0, 0.05) is 32.2 Å². The van der Waals surface area contributed by atoms with Crippen LogP contribution in [-0.2, 0) is 48.7 Å². The minimum absolute atomic E-state index is 0.194.